The Labute approximate surface area is 198 Å². The van der Waals surface area contributed by atoms with Gasteiger partial charge in [-0.2, -0.15) is 0 Å². The molecule has 0 unspecified atom stereocenters. The predicted octanol–water partition coefficient (Wildman–Crippen LogP) is 3.49. The average Bonchev–Trinajstić information content (AvgIpc) is 3.32. The van der Waals surface area contributed by atoms with Crippen LogP contribution in [0.25, 0.3) is 10.9 Å². The summed E-state index contributed by atoms with van der Waals surface area (Å²) in [5, 5.41) is 0.806. The van der Waals surface area contributed by atoms with Crippen molar-refractivity contribution in [2.45, 2.75) is 13.2 Å². The maximum Gasteiger partial charge on any atom is 0.338 e. The summed E-state index contributed by atoms with van der Waals surface area (Å²) >= 11 is 5.93. The largest absolute Gasteiger partial charge is 0.457 e. The van der Waals surface area contributed by atoms with Gasteiger partial charge in [0, 0.05) is 12.1 Å². The third kappa shape index (κ3) is 4.04. The molecule has 5 rings (SSSR count). The lowest BCUT2D eigenvalue weighted by molar-refractivity contribution is 0.0472. The minimum Gasteiger partial charge on any atom is -0.457 e. The van der Waals surface area contributed by atoms with Crippen molar-refractivity contribution in [3.05, 3.63) is 103 Å². The van der Waals surface area contributed by atoms with Crippen molar-refractivity contribution < 1.29 is 19.0 Å². The normalized spacial score (nSPS) is 12.2. The monoisotopic (exact) mass is 478 g/mol. The summed E-state index contributed by atoms with van der Waals surface area (Å²) in [5.41, 5.74) is 1.19. The number of benzene rings is 3. The summed E-state index contributed by atoms with van der Waals surface area (Å²) in [6.07, 6.45) is 0. The second-order valence-corrected chi connectivity index (χ2v) is 8.29. The van der Waals surface area contributed by atoms with Crippen LogP contribution in [0.4, 0.5) is 0 Å². The van der Waals surface area contributed by atoms with Crippen molar-refractivity contribution >= 4 is 28.5 Å². The molecule has 1 aliphatic rings. The van der Waals surface area contributed by atoms with Crippen molar-refractivity contribution in [1.29, 1.82) is 0 Å². The van der Waals surface area contributed by atoms with Crippen LogP contribution in [0.5, 0.6) is 11.5 Å². The zero-order valence-corrected chi connectivity index (χ0v) is 18.9. The number of esters is 1. The summed E-state index contributed by atoms with van der Waals surface area (Å²) in [7, 11) is 1.58. The van der Waals surface area contributed by atoms with E-state index in [0.29, 0.717) is 22.0 Å². The van der Waals surface area contributed by atoms with Crippen LogP contribution in [-0.4, -0.2) is 21.9 Å². The van der Waals surface area contributed by atoms with Gasteiger partial charge in [-0.05, 0) is 53.6 Å². The Bertz CT molecular complexity index is 1540. The molecular formula is C25H19ClN2O6. The van der Waals surface area contributed by atoms with Crippen LogP contribution in [0, 0.1) is 0 Å². The molecule has 0 fully saturated rings. The third-order valence-corrected chi connectivity index (χ3v) is 5.90. The molecule has 2 heterocycles. The highest BCUT2D eigenvalue weighted by Gasteiger charge is 2.17. The van der Waals surface area contributed by atoms with E-state index in [1.165, 1.54) is 16.7 Å². The second kappa shape index (κ2) is 8.72. The lowest BCUT2D eigenvalue weighted by atomic mass is 10.1. The van der Waals surface area contributed by atoms with Gasteiger partial charge in [-0.15, -0.1) is 0 Å². The Hall–Kier alpha value is -4.04. The molecule has 0 amide bonds. The molecule has 0 N–H and O–H groups in total. The van der Waals surface area contributed by atoms with E-state index in [9.17, 15) is 14.4 Å². The minimum atomic E-state index is -0.586. The summed E-state index contributed by atoms with van der Waals surface area (Å²) in [4.78, 5) is 38.7. The first-order valence-electron chi connectivity index (χ1n) is 10.4. The number of rotatable bonds is 5. The molecule has 0 spiro atoms. The van der Waals surface area contributed by atoms with Crippen LogP contribution in [0.1, 0.15) is 21.5 Å². The minimum absolute atomic E-state index is 0.0294. The van der Waals surface area contributed by atoms with Crippen molar-refractivity contribution in [1.82, 2.24) is 9.13 Å². The van der Waals surface area contributed by atoms with Crippen LogP contribution < -0.4 is 20.7 Å². The molecule has 0 radical (unpaired) electrons. The maximum absolute atomic E-state index is 13.2. The van der Waals surface area contributed by atoms with E-state index < -0.39 is 17.2 Å². The summed E-state index contributed by atoms with van der Waals surface area (Å²) < 4.78 is 18.6. The number of nitrogens with zero attached hydrogens (tertiary/aromatic N) is 2. The fourth-order valence-corrected chi connectivity index (χ4v) is 3.94. The maximum atomic E-state index is 13.2. The van der Waals surface area contributed by atoms with E-state index in [4.69, 9.17) is 25.8 Å². The van der Waals surface area contributed by atoms with E-state index in [0.717, 1.165) is 15.7 Å². The number of ether oxygens (including phenoxy) is 3. The Kier molecular flexibility index (Phi) is 5.59. The van der Waals surface area contributed by atoms with Crippen molar-refractivity contribution in [3.63, 3.8) is 0 Å². The van der Waals surface area contributed by atoms with Crippen LogP contribution in [-0.2, 0) is 24.9 Å². The van der Waals surface area contributed by atoms with Gasteiger partial charge in [0.15, 0.2) is 11.5 Å². The molecular weight excluding hydrogens is 460 g/mol. The molecule has 0 saturated heterocycles. The predicted molar refractivity (Wildman–Crippen MR) is 126 cm³/mol. The lowest BCUT2D eigenvalue weighted by Crippen LogP contribution is -2.39. The number of carbonyl (C=O) groups excluding carboxylic acids is 1. The first-order valence-corrected chi connectivity index (χ1v) is 10.8. The van der Waals surface area contributed by atoms with E-state index in [1.54, 1.807) is 55.6 Å². The van der Waals surface area contributed by atoms with Gasteiger partial charge in [0.1, 0.15) is 6.61 Å². The zero-order chi connectivity index (χ0) is 23.8. The number of halogens is 1. The quantitative estimate of drug-likeness (QED) is 0.408. The van der Waals surface area contributed by atoms with Crippen LogP contribution in [0.3, 0.4) is 0 Å². The highest BCUT2D eigenvalue weighted by atomic mass is 35.5. The highest BCUT2D eigenvalue weighted by Crippen LogP contribution is 2.32. The molecule has 8 nitrogen and oxygen atoms in total. The van der Waals surface area contributed by atoms with Gasteiger partial charge in [0.05, 0.1) is 23.0 Å². The molecule has 0 saturated carbocycles. The molecule has 4 aromatic rings. The molecule has 34 heavy (non-hydrogen) atoms. The fourth-order valence-electron chi connectivity index (χ4n) is 3.82. The Balaban J connectivity index is 1.43. The van der Waals surface area contributed by atoms with Crippen molar-refractivity contribution in [2.24, 2.45) is 7.05 Å². The van der Waals surface area contributed by atoms with Crippen LogP contribution in [0.2, 0.25) is 5.02 Å². The lowest BCUT2D eigenvalue weighted by Gasteiger charge is -2.12. The number of aromatic nitrogens is 2. The molecule has 0 aliphatic carbocycles. The third-order valence-electron chi connectivity index (χ3n) is 5.65. The number of fused-ring (bicyclic) bond motifs is 2. The SMILES string of the molecule is Cn1c(=O)n(Cc2ccc(Cl)cc2)c(=O)c2cc(C(=O)OCc3ccc4c(c3)OCO4)ccc21. The van der Waals surface area contributed by atoms with E-state index in [1.807, 2.05) is 0 Å². The second-order valence-electron chi connectivity index (χ2n) is 7.86. The Morgan fingerprint density at radius 1 is 0.971 bits per heavy atom. The van der Waals surface area contributed by atoms with Gasteiger partial charge in [0.25, 0.3) is 5.56 Å². The van der Waals surface area contributed by atoms with Gasteiger partial charge in [-0.1, -0.05) is 29.8 Å². The summed E-state index contributed by atoms with van der Waals surface area (Å²) in [5.74, 6) is 0.656. The number of aryl methyl sites for hydroxylation is 1. The summed E-state index contributed by atoms with van der Waals surface area (Å²) in [6.45, 7) is 0.271. The fraction of sp³-hybridized carbons (Fsp3) is 0.160. The molecule has 0 atom stereocenters. The Morgan fingerprint density at radius 2 is 1.71 bits per heavy atom. The van der Waals surface area contributed by atoms with Gasteiger partial charge in [-0.3, -0.25) is 13.9 Å². The first kappa shape index (κ1) is 21.8. The van der Waals surface area contributed by atoms with Crippen LogP contribution >= 0.6 is 11.6 Å². The Morgan fingerprint density at radius 3 is 2.50 bits per heavy atom. The number of hydrogen-bond acceptors (Lipinski definition) is 6. The molecule has 1 aromatic heterocycles. The highest BCUT2D eigenvalue weighted by molar-refractivity contribution is 6.30. The summed E-state index contributed by atoms with van der Waals surface area (Å²) in [6, 6.07) is 16.7. The van der Waals surface area contributed by atoms with Crippen molar-refractivity contribution in [3.8, 4) is 11.5 Å². The molecule has 9 heteroatoms. The van der Waals surface area contributed by atoms with Gasteiger partial charge in [-0.25, -0.2) is 9.59 Å². The molecule has 1 aliphatic heterocycles. The van der Waals surface area contributed by atoms with Gasteiger partial charge in [0.2, 0.25) is 6.79 Å². The molecule has 3 aromatic carbocycles. The molecule has 172 valence electrons. The van der Waals surface area contributed by atoms with Gasteiger partial charge >= 0.3 is 11.7 Å². The van der Waals surface area contributed by atoms with E-state index in [-0.39, 0.29) is 30.9 Å². The standard InChI is InChI=1S/C25H19ClN2O6/c1-27-20-8-5-17(24(30)32-13-16-4-9-21-22(10-16)34-14-33-21)11-19(20)23(29)28(25(27)31)12-15-2-6-18(26)7-3-15/h2-11H,12-14H2,1H3. The average molecular weight is 479 g/mol. The topological polar surface area (TPSA) is 88.8 Å². The van der Waals surface area contributed by atoms with E-state index in [2.05, 4.69) is 0 Å². The van der Waals surface area contributed by atoms with Gasteiger partial charge < -0.3 is 14.2 Å². The van der Waals surface area contributed by atoms with E-state index >= 15 is 0 Å². The van der Waals surface area contributed by atoms with Crippen LogP contribution in [0.15, 0.2) is 70.3 Å². The zero-order valence-electron chi connectivity index (χ0n) is 18.1. The first-order chi connectivity index (χ1) is 16.4. The molecule has 0 bridgehead atoms. The number of hydrogen-bond donors (Lipinski definition) is 0. The van der Waals surface area contributed by atoms with Crippen molar-refractivity contribution in [2.75, 3.05) is 6.79 Å². The smallest absolute Gasteiger partial charge is 0.338 e. The number of carbonyl (C=O) groups is 1.